The number of rotatable bonds is 10. The van der Waals surface area contributed by atoms with E-state index < -0.39 is 0 Å². The summed E-state index contributed by atoms with van der Waals surface area (Å²) in [7, 11) is 3.25. The van der Waals surface area contributed by atoms with E-state index >= 15 is 0 Å². The third-order valence-corrected chi connectivity index (χ3v) is 7.31. The quantitative estimate of drug-likeness (QED) is 0.204. The Labute approximate surface area is 236 Å². The molecule has 1 N–H and O–H groups in total. The van der Waals surface area contributed by atoms with Crippen molar-refractivity contribution in [3.05, 3.63) is 138 Å². The SMILES string of the molecule is COc1ccc(-n2c(-c3ccccc3)cc(C(=O)NCCC(c3ccccc3)c3ccccc3)c2C)cc1OC. The fraction of sp³-hybridized carbons (Fsp3) is 0.171. The highest BCUT2D eigenvalue weighted by Crippen LogP contribution is 2.34. The third-order valence-electron chi connectivity index (χ3n) is 7.31. The van der Waals surface area contributed by atoms with Crippen LogP contribution < -0.4 is 14.8 Å². The van der Waals surface area contributed by atoms with Crippen molar-refractivity contribution in [2.75, 3.05) is 20.8 Å². The van der Waals surface area contributed by atoms with E-state index in [-0.39, 0.29) is 11.8 Å². The number of nitrogens with one attached hydrogen (secondary N) is 1. The zero-order valence-electron chi connectivity index (χ0n) is 23.1. The van der Waals surface area contributed by atoms with E-state index in [1.807, 2.05) is 61.5 Å². The summed E-state index contributed by atoms with van der Waals surface area (Å²) in [6, 6.07) is 38.8. The van der Waals surface area contributed by atoms with Crippen molar-refractivity contribution in [1.29, 1.82) is 0 Å². The summed E-state index contributed by atoms with van der Waals surface area (Å²) in [5.41, 5.74) is 6.82. The number of aromatic nitrogens is 1. The van der Waals surface area contributed by atoms with E-state index in [0.29, 0.717) is 23.6 Å². The standard InChI is InChI=1S/C35H34N2O3/c1-25-31(35(38)36-22-21-30(26-13-7-4-8-14-26)27-15-9-5-10-16-27)24-32(28-17-11-6-12-18-28)37(25)29-19-20-33(39-2)34(23-29)40-3/h4-20,23-24,30H,21-22H2,1-3H3,(H,36,38). The predicted octanol–water partition coefficient (Wildman–Crippen LogP) is 7.42. The van der Waals surface area contributed by atoms with Crippen LogP contribution in [0.4, 0.5) is 0 Å². The van der Waals surface area contributed by atoms with Gasteiger partial charge in [0.1, 0.15) is 0 Å². The first-order chi connectivity index (χ1) is 19.6. The molecule has 5 heteroatoms. The van der Waals surface area contributed by atoms with Crippen molar-refractivity contribution in [1.82, 2.24) is 9.88 Å². The van der Waals surface area contributed by atoms with E-state index in [9.17, 15) is 4.79 Å². The number of ether oxygens (including phenoxy) is 2. The van der Waals surface area contributed by atoms with E-state index in [1.54, 1.807) is 14.2 Å². The van der Waals surface area contributed by atoms with Crippen molar-refractivity contribution in [2.24, 2.45) is 0 Å². The molecule has 5 rings (SSSR count). The van der Waals surface area contributed by atoms with Crippen LogP contribution in [-0.2, 0) is 0 Å². The van der Waals surface area contributed by atoms with Crippen LogP contribution in [0.3, 0.4) is 0 Å². The number of benzene rings is 4. The molecule has 0 bridgehead atoms. The first-order valence-corrected chi connectivity index (χ1v) is 13.5. The van der Waals surface area contributed by atoms with Crippen LogP contribution in [0, 0.1) is 6.92 Å². The largest absolute Gasteiger partial charge is 0.493 e. The van der Waals surface area contributed by atoms with Gasteiger partial charge < -0.3 is 19.4 Å². The lowest BCUT2D eigenvalue weighted by molar-refractivity contribution is 0.0952. The number of carbonyl (C=O) groups excluding carboxylic acids is 1. The van der Waals surface area contributed by atoms with Gasteiger partial charge >= 0.3 is 0 Å². The topological polar surface area (TPSA) is 52.5 Å². The Balaban J connectivity index is 1.44. The molecule has 0 atom stereocenters. The molecule has 0 unspecified atom stereocenters. The van der Waals surface area contributed by atoms with Gasteiger partial charge in [0.15, 0.2) is 11.5 Å². The Morgan fingerprint density at radius 3 is 1.90 bits per heavy atom. The lowest BCUT2D eigenvalue weighted by Crippen LogP contribution is -2.26. The number of amides is 1. The average molecular weight is 531 g/mol. The second-order valence-corrected chi connectivity index (χ2v) is 9.69. The van der Waals surface area contributed by atoms with Gasteiger partial charge in [0.2, 0.25) is 0 Å². The maximum Gasteiger partial charge on any atom is 0.253 e. The number of carbonyl (C=O) groups is 1. The summed E-state index contributed by atoms with van der Waals surface area (Å²) in [5, 5.41) is 3.20. The van der Waals surface area contributed by atoms with E-state index in [1.165, 1.54) is 11.1 Å². The minimum Gasteiger partial charge on any atom is -0.493 e. The summed E-state index contributed by atoms with van der Waals surface area (Å²) in [5.74, 6) is 1.39. The van der Waals surface area contributed by atoms with E-state index in [2.05, 4.69) is 70.5 Å². The minimum atomic E-state index is -0.0891. The van der Waals surface area contributed by atoms with E-state index in [4.69, 9.17) is 9.47 Å². The van der Waals surface area contributed by atoms with Crippen LogP contribution in [0.5, 0.6) is 11.5 Å². The van der Waals surface area contributed by atoms with Gasteiger partial charge in [-0.15, -0.1) is 0 Å². The molecule has 202 valence electrons. The Morgan fingerprint density at radius 1 is 0.750 bits per heavy atom. The number of hydrogen-bond donors (Lipinski definition) is 1. The fourth-order valence-corrected chi connectivity index (χ4v) is 5.28. The first kappa shape index (κ1) is 26.8. The zero-order valence-corrected chi connectivity index (χ0v) is 23.1. The molecule has 5 nitrogen and oxygen atoms in total. The molecule has 0 aliphatic carbocycles. The third kappa shape index (κ3) is 5.64. The van der Waals surface area contributed by atoms with Gasteiger partial charge in [0, 0.05) is 29.9 Å². The Hall–Kier alpha value is -4.77. The summed E-state index contributed by atoms with van der Waals surface area (Å²) in [6.07, 6.45) is 0.792. The molecule has 4 aromatic carbocycles. The smallest absolute Gasteiger partial charge is 0.253 e. The van der Waals surface area contributed by atoms with Crippen LogP contribution in [0.15, 0.2) is 115 Å². The van der Waals surface area contributed by atoms with Crippen molar-refractivity contribution in [2.45, 2.75) is 19.3 Å². The molecule has 1 heterocycles. The molecule has 0 radical (unpaired) electrons. The van der Waals surface area contributed by atoms with Crippen molar-refractivity contribution in [3.63, 3.8) is 0 Å². The monoisotopic (exact) mass is 530 g/mol. The molecule has 0 spiro atoms. The van der Waals surface area contributed by atoms with E-state index in [0.717, 1.165) is 29.1 Å². The molecule has 1 amide bonds. The van der Waals surface area contributed by atoms with Gasteiger partial charge in [-0.1, -0.05) is 91.0 Å². The van der Waals surface area contributed by atoms with Crippen molar-refractivity contribution >= 4 is 5.91 Å². The molecular weight excluding hydrogens is 496 g/mol. The molecule has 1 aromatic heterocycles. The van der Waals surface area contributed by atoms with Gasteiger partial charge in [-0.05, 0) is 48.2 Å². The maximum atomic E-state index is 13.6. The minimum absolute atomic E-state index is 0.0891. The van der Waals surface area contributed by atoms with Gasteiger partial charge in [0.05, 0.1) is 25.5 Å². The number of methoxy groups -OCH3 is 2. The highest BCUT2D eigenvalue weighted by atomic mass is 16.5. The van der Waals surface area contributed by atoms with Gasteiger partial charge in [-0.2, -0.15) is 0 Å². The molecule has 0 aliphatic rings. The van der Waals surface area contributed by atoms with Crippen LogP contribution >= 0.6 is 0 Å². The zero-order chi connectivity index (χ0) is 27.9. The molecule has 0 saturated carbocycles. The Kier molecular flexibility index (Phi) is 8.31. The summed E-state index contributed by atoms with van der Waals surface area (Å²) < 4.78 is 13.1. The lowest BCUT2D eigenvalue weighted by atomic mass is 9.88. The highest BCUT2D eigenvalue weighted by Gasteiger charge is 2.21. The summed E-state index contributed by atoms with van der Waals surface area (Å²) in [4.78, 5) is 13.6. The van der Waals surface area contributed by atoms with Crippen LogP contribution in [0.25, 0.3) is 16.9 Å². The first-order valence-electron chi connectivity index (χ1n) is 13.5. The van der Waals surface area contributed by atoms with Crippen molar-refractivity contribution < 1.29 is 14.3 Å². The molecular formula is C35H34N2O3. The van der Waals surface area contributed by atoms with Crippen LogP contribution in [0.2, 0.25) is 0 Å². The lowest BCUT2D eigenvalue weighted by Gasteiger charge is -2.18. The summed E-state index contributed by atoms with van der Waals surface area (Å²) >= 11 is 0. The second-order valence-electron chi connectivity index (χ2n) is 9.69. The Morgan fingerprint density at radius 2 is 1.32 bits per heavy atom. The molecule has 5 aromatic rings. The van der Waals surface area contributed by atoms with Gasteiger partial charge in [-0.3, -0.25) is 4.79 Å². The van der Waals surface area contributed by atoms with Gasteiger partial charge in [0.25, 0.3) is 5.91 Å². The number of nitrogens with zero attached hydrogens (tertiary/aromatic N) is 1. The normalized spacial score (nSPS) is 10.9. The number of hydrogen-bond acceptors (Lipinski definition) is 3. The molecule has 0 saturated heterocycles. The van der Waals surface area contributed by atoms with Gasteiger partial charge in [-0.25, -0.2) is 0 Å². The second kappa shape index (κ2) is 12.4. The molecule has 0 fully saturated rings. The fourth-order valence-electron chi connectivity index (χ4n) is 5.28. The predicted molar refractivity (Wildman–Crippen MR) is 161 cm³/mol. The Bertz CT molecular complexity index is 1520. The maximum absolute atomic E-state index is 13.6. The summed E-state index contributed by atoms with van der Waals surface area (Å²) in [6.45, 7) is 2.53. The highest BCUT2D eigenvalue weighted by molar-refractivity contribution is 5.97. The molecule has 40 heavy (non-hydrogen) atoms. The van der Waals surface area contributed by atoms with Crippen molar-refractivity contribution in [3.8, 4) is 28.4 Å². The molecule has 0 aliphatic heterocycles. The van der Waals surface area contributed by atoms with Crippen LogP contribution in [0.1, 0.15) is 39.5 Å². The average Bonchev–Trinajstić information content (AvgIpc) is 3.37. The van der Waals surface area contributed by atoms with Crippen LogP contribution in [-0.4, -0.2) is 31.2 Å².